The Morgan fingerprint density at radius 3 is 2.26 bits per heavy atom. The first kappa shape index (κ1) is 24.5. The average molecular weight is 556 g/mol. The molecule has 1 amide bonds. The third-order valence-electron chi connectivity index (χ3n) is 5.58. The molecule has 0 unspecified atom stereocenters. The number of benzene rings is 3. The third kappa shape index (κ3) is 5.37. The van der Waals surface area contributed by atoms with E-state index in [1.54, 1.807) is 0 Å². The highest BCUT2D eigenvalue weighted by atomic mass is 79.9. The second-order valence-electron chi connectivity index (χ2n) is 8.17. The van der Waals surface area contributed by atoms with Gasteiger partial charge < -0.3 is 5.32 Å². The average Bonchev–Trinajstić information content (AvgIpc) is 3.21. The summed E-state index contributed by atoms with van der Waals surface area (Å²) in [5.41, 5.74) is 7.07. The van der Waals surface area contributed by atoms with Crippen molar-refractivity contribution < 1.29 is 4.79 Å². The van der Waals surface area contributed by atoms with Crippen LogP contribution in [0.4, 0.5) is 5.69 Å². The number of rotatable bonds is 6. The van der Waals surface area contributed by atoms with Crippen molar-refractivity contribution in [1.82, 2.24) is 14.8 Å². The van der Waals surface area contributed by atoms with Gasteiger partial charge in [0.25, 0.3) is 0 Å². The summed E-state index contributed by atoms with van der Waals surface area (Å²) in [6.07, 6.45) is 0. The monoisotopic (exact) mass is 554 g/mol. The Morgan fingerprint density at radius 1 is 0.941 bits per heavy atom. The largest absolute Gasteiger partial charge is 0.325 e. The first-order valence-electron chi connectivity index (χ1n) is 10.7. The summed E-state index contributed by atoms with van der Waals surface area (Å²) in [7, 11) is 0. The van der Waals surface area contributed by atoms with Crippen LogP contribution < -0.4 is 5.32 Å². The van der Waals surface area contributed by atoms with Gasteiger partial charge >= 0.3 is 0 Å². The van der Waals surface area contributed by atoms with Crippen molar-refractivity contribution in [3.05, 3.63) is 86.3 Å². The molecule has 174 valence electrons. The lowest BCUT2D eigenvalue weighted by Crippen LogP contribution is -2.16. The normalized spacial score (nSPS) is 11.0. The Kier molecular flexibility index (Phi) is 7.45. The van der Waals surface area contributed by atoms with Crippen LogP contribution in [0.1, 0.15) is 22.3 Å². The van der Waals surface area contributed by atoms with Crippen molar-refractivity contribution in [2.75, 3.05) is 11.1 Å². The maximum Gasteiger partial charge on any atom is 0.234 e. The number of halogens is 2. The topological polar surface area (TPSA) is 59.8 Å². The van der Waals surface area contributed by atoms with E-state index in [4.69, 9.17) is 11.6 Å². The minimum Gasteiger partial charge on any atom is -0.325 e. The predicted octanol–water partition coefficient (Wildman–Crippen LogP) is 7.31. The lowest BCUT2D eigenvalue weighted by atomic mass is 10.1. The summed E-state index contributed by atoms with van der Waals surface area (Å²) in [6, 6.07) is 17.7. The van der Waals surface area contributed by atoms with Crippen molar-refractivity contribution in [1.29, 1.82) is 0 Å². The Hall–Kier alpha value is -2.61. The third-order valence-corrected chi connectivity index (χ3v) is 7.22. The molecule has 0 atom stereocenters. The van der Waals surface area contributed by atoms with E-state index in [1.807, 2.05) is 60.9 Å². The fourth-order valence-corrected chi connectivity index (χ4v) is 5.22. The summed E-state index contributed by atoms with van der Waals surface area (Å²) in [6.45, 7) is 8.12. The number of aryl methyl sites for hydroxylation is 4. The summed E-state index contributed by atoms with van der Waals surface area (Å²) in [5, 5.41) is 13.2. The molecule has 8 heteroatoms. The number of hydrogen-bond donors (Lipinski definition) is 1. The van der Waals surface area contributed by atoms with Crippen LogP contribution in [0.5, 0.6) is 0 Å². The summed E-state index contributed by atoms with van der Waals surface area (Å²) in [5.74, 6) is 0.807. The maximum atomic E-state index is 12.8. The van der Waals surface area contributed by atoms with E-state index in [2.05, 4.69) is 57.4 Å². The molecule has 4 rings (SSSR count). The maximum absolute atomic E-state index is 12.8. The van der Waals surface area contributed by atoms with Gasteiger partial charge in [-0.3, -0.25) is 9.36 Å². The summed E-state index contributed by atoms with van der Waals surface area (Å²) < 4.78 is 2.98. The smallest absolute Gasteiger partial charge is 0.234 e. The highest BCUT2D eigenvalue weighted by molar-refractivity contribution is 9.10. The Labute approximate surface area is 217 Å². The Balaban J connectivity index is 1.63. The van der Waals surface area contributed by atoms with Crippen molar-refractivity contribution in [3.63, 3.8) is 0 Å². The molecule has 1 aromatic heterocycles. The van der Waals surface area contributed by atoms with E-state index in [9.17, 15) is 4.79 Å². The van der Waals surface area contributed by atoms with Gasteiger partial charge in [-0.15, -0.1) is 10.2 Å². The van der Waals surface area contributed by atoms with Gasteiger partial charge in [-0.25, -0.2) is 0 Å². The molecule has 0 spiro atoms. The van der Waals surface area contributed by atoms with Crippen molar-refractivity contribution in [3.8, 4) is 17.1 Å². The van der Waals surface area contributed by atoms with Crippen LogP contribution >= 0.6 is 39.3 Å². The number of nitrogens with zero attached hydrogens (tertiary/aromatic N) is 3. The minimum atomic E-state index is -0.0961. The molecule has 0 aliphatic carbocycles. The number of anilines is 1. The van der Waals surface area contributed by atoms with E-state index in [0.717, 1.165) is 32.5 Å². The van der Waals surface area contributed by atoms with E-state index < -0.39 is 0 Å². The molecule has 0 aliphatic heterocycles. The molecule has 3 aromatic carbocycles. The zero-order valence-corrected chi connectivity index (χ0v) is 22.5. The number of carbonyl (C=O) groups is 1. The highest BCUT2D eigenvalue weighted by Gasteiger charge is 2.18. The predicted molar refractivity (Wildman–Crippen MR) is 144 cm³/mol. The zero-order valence-electron chi connectivity index (χ0n) is 19.3. The van der Waals surface area contributed by atoms with Gasteiger partial charge in [0.1, 0.15) is 0 Å². The van der Waals surface area contributed by atoms with Gasteiger partial charge in [-0.1, -0.05) is 45.4 Å². The second-order valence-corrected chi connectivity index (χ2v) is 10.5. The number of hydrogen-bond acceptors (Lipinski definition) is 4. The molecule has 1 N–H and O–H groups in total. The number of nitrogens with one attached hydrogen (secondary N) is 1. The molecule has 1 heterocycles. The molecule has 0 aliphatic rings. The molecule has 0 saturated carbocycles. The van der Waals surface area contributed by atoms with Crippen LogP contribution in [0.15, 0.2) is 64.2 Å². The van der Waals surface area contributed by atoms with Gasteiger partial charge in [0.05, 0.1) is 11.4 Å². The number of carbonyl (C=O) groups excluding carboxylic acids is 1. The van der Waals surface area contributed by atoms with Gasteiger partial charge in [-0.05, 0) is 98.5 Å². The van der Waals surface area contributed by atoms with E-state index >= 15 is 0 Å². The summed E-state index contributed by atoms with van der Waals surface area (Å²) >= 11 is 10.9. The standard InChI is InChI=1S/C26H24BrClN4OS/c1-15-5-10-22(13-16(15)2)32-25(19-6-8-21(28)9-7-19)30-31-26(32)34-14-23(33)29-24-17(3)11-20(27)12-18(24)4/h5-13H,14H2,1-4H3,(H,29,33). The van der Waals surface area contributed by atoms with Crippen LogP contribution in [-0.2, 0) is 4.79 Å². The fraction of sp³-hybridized carbons (Fsp3) is 0.192. The quantitative estimate of drug-likeness (QED) is 0.253. The van der Waals surface area contributed by atoms with E-state index in [-0.39, 0.29) is 11.7 Å². The molecule has 0 radical (unpaired) electrons. The van der Waals surface area contributed by atoms with Crippen LogP contribution in [-0.4, -0.2) is 26.4 Å². The SMILES string of the molecule is Cc1ccc(-n2c(SCC(=O)Nc3c(C)cc(Br)cc3C)nnc2-c2ccc(Cl)cc2)cc1C. The van der Waals surface area contributed by atoms with Crippen molar-refractivity contribution in [2.24, 2.45) is 0 Å². The lowest BCUT2D eigenvalue weighted by Gasteiger charge is -2.14. The molecule has 0 bridgehead atoms. The van der Waals surface area contributed by atoms with Crippen LogP contribution in [0.2, 0.25) is 5.02 Å². The van der Waals surface area contributed by atoms with E-state index in [1.165, 1.54) is 22.9 Å². The highest BCUT2D eigenvalue weighted by Crippen LogP contribution is 2.30. The number of amides is 1. The summed E-state index contributed by atoms with van der Waals surface area (Å²) in [4.78, 5) is 12.8. The van der Waals surface area contributed by atoms with Crippen molar-refractivity contribution >= 4 is 50.9 Å². The van der Waals surface area contributed by atoms with Gasteiger partial charge in [0.15, 0.2) is 11.0 Å². The molecule has 0 fully saturated rings. The molecular weight excluding hydrogens is 532 g/mol. The minimum absolute atomic E-state index is 0.0961. The van der Waals surface area contributed by atoms with Crippen molar-refractivity contribution in [2.45, 2.75) is 32.9 Å². The molecule has 0 saturated heterocycles. The lowest BCUT2D eigenvalue weighted by molar-refractivity contribution is -0.113. The zero-order chi connectivity index (χ0) is 24.4. The molecular formula is C26H24BrClN4OS. The van der Waals surface area contributed by atoms with Gasteiger partial charge in [0, 0.05) is 20.7 Å². The number of thioether (sulfide) groups is 1. The first-order valence-corrected chi connectivity index (χ1v) is 12.9. The van der Waals surface area contributed by atoms with Crippen LogP contribution in [0.25, 0.3) is 17.1 Å². The van der Waals surface area contributed by atoms with Crippen LogP contribution in [0.3, 0.4) is 0 Å². The molecule has 5 nitrogen and oxygen atoms in total. The second kappa shape index (κ2) is 10.3. The Bertz CT molecular complexity index is 1340. The number of aromatic nitrogens is 3. The van der Waals surface area contributed by atoms with Crippen LogP contribution in [0, 0.1) is 27.7 Å². The molecule has 34 heavy (non-hydrogen) atoms. The van der Waals surface area contributed by atoms with E-state index in [0.29, 0.717) is 16.0 Å². The van der Waals surface area contributed by atoms with Gasteiger partial charge in [-0.2, -0.15) is 0 Å². The first-order chi connectivity index (χ1) is 16.2. The Morgan fingerprint density at radius 2 is 1.62 bits per heavy atom. The fourth-order valence-electron chi connectivity index (χ4n) is 3.66. The van der Waals surface area contributed by atoms with Gasteiger partial charge in [0.2, 0.25) is 5.91 Å². The molecule has 4 aromatic rings.